The molecule has 0 saturated heterocycles. The van der Waals surface area contributed by atoms with Gasteiger partial charge < -0.3 is 19.1 Å². The van der Waals surface area contributed by atoms with Crippen molar-refractivity contribution in [3.05, 3.63) is 63.3 Å². The van der Waals surface area contributed by atoms with Crippen LogP contribution < -0.4 is 9.47 Å². The molecule has 0 spiro atoms. The summed E-state index contributed by atoms with van der Waals surface area (Å²) in [7, 11) is 4.83. The summed E-state index contributed by atoms with van der Waals surface area (Å²) in [6.07, 6.45) is 0.686. The highest BCUT2D eigenvalue weighted by atomic mass is 35.5. The van der Waals surface area contributed by atoms with Gasteiger partial charge in [-0.2, -0.15) is 5.10 Å². The van der Waals surface area contributed by atoms with Gasteiger partial charge in [0.05, 0.1) is 25.3 Å². The molecular weight excluding hydrogens is 453 g/mol. The number of ether oxygens (including phenoxy) is 3. The Morgan fingerprint density at radius 1 is 1.09 bits per heavy atom. The molecule has 9 heteroatoms. The second-order valence-corrected chi connectivity index (χ2v) is 8.18. The standard InChI is InChI=1S/C23H23Cl2N3O4/c1-30-10-4-9-28-22(16-8-6-14(31-2)12-18(16)32-3)19-20(26-27-21(19)23(28)29)15-7-5-13(24)11-17(15)25/h5-8,11-12,22H,4,9-10H2,1-3H3,(H,26,27). The van der Waals surface area contributed by atoms with E-state index in [-0.39, 0.29) is 5.91 Å². The van der Waals surface area contributed by atoms with Crippen molar-refractivity contribution in [2.75, 3.05) is 34.5 Å². The average molecular weight is 476 g/mol. The Morgan fingerprint density at radius 2 is 1.91 bits per heavy atom. The van der Waals surface area contributed by atoms with Crippen LogP contribution in [0.2, 0.25) is 10.0 Å². The molecule has 1 aliphatic heterocycles. The minimum Gasteiger partial charge on any atom is -0.497 e. The van der Waals surface area contributed by atoms with E-state index in [2.05, 4.69) is 10.2 Å². The Kier molecular flexibility index (Phi) is 6.60. The molecule has 0 radical (unpaired) electrons. The maximum atomic E-state index is 13.4. The molecule has 3 aromatic rings. The Labute approximate surface area is 196 Å². The predicted octanol–water partition coefficient (Wildman–Crippen LogP) is 4.98. The SMILES string of the molecule is COCCCN1C(=O)c2[nH]nc(-c3ccc(Cl)cc3Cl)c2C1c1ccc(OC)cc1OC. The van der Waals surface area contributed by atoms with Crippen molar-refractivity contribution in [2.45, 2.75) is 12.5 Å². The van der Waals surface area contributed by atoms with Crippen molar-refractivity contribution in [3.63, 3.8) is 0 Å². The second-order valence-electron chi connectivity index (χ2n) is 7.34. The van der Waals surface area contributed by atoms with Crippen molar-refractivity contribution in [1.29, 1.82) is 0 Å². The summed E-state index contributed by atoms with van der Waals surface area (Å²) >= 11 is 12.6. The van der Waals surface area contributed by atoms with Crippen LogP contribution in [-0.4, -0.2) is 55.5 Å². The number of hydrogen-bond donors (Lipinski definition) is 1. The van der Waals surface area contributed by atoms with Gasteiger partial charge in [0, 0.05) is 48.0 Å². The van der Waals surface area contributed by atoms with Gasteiger partial charge >= 0.3 is 0 Å². The first kappa shape index (κ1) is 22.5. The van der Waals surface area contributed by atoms with Crippen molar-refractivity contribution in [1.82, 2.24) is 15.1 Å². The van der Waals surface area contributed by atoms with E-state index in [9.17, 15) is 4.79 Å². The number of halogens is 2. The van der Waals surface area contributed by atoms with Crippen LogP contribution in [0.4, 0.5) is 0 Å². The van der Waals surface area contributed by atoms with Crippen molar-refractivity contribution >= 4 is 29.1 Å². The summed E-state index contributed by atoms with van der Waals surface area (Å²) in [5, 5.41) is 8.36. The topological polar surface area (TPSA) is 76.7 Å². The van der Waals surface area contributed by atoms with E-state index in [0.29, 0.717) is 58.1 Å². The largest absolute Gasteiger partial charge is 0.497 e. The quantitative estimate of drug-likeness (QED) is 0.464. The number of fused-ring (bicyclic) bond motifs is 1. The lowest BCUT2D eigenvalue weighted by atomic mass is 9.95. The fourth-order valence-corrected chi connectivity index (χ4v) is 4.56. The normalized spacial score (nSPS) is 15.2. The predicted molar refractivity (Wildman–Crippen MR) is 123 cm³/mol. The molecule has 0 fully saturated rings. The number of hydrogen-bond acceptors (Lipinski definition) is 5. The fourth-order valence-electron chi connectivity index (χ4n) is 4.06. The van der Waals surface area contributed by atoms with E-state index in [1.165, 1.54) is 0 Å². The van der Waals surface area contributed by atoms with Gasteiger partial charge in [-0.05, 0) is 36.8 Å². The Bertz CT molecular complexity index is 1150. The molecule has 1 unspecified atom stereocenters. The molecular formula is C23H23Cl2N3O4. The highest BCUT2D eigenvalue weighted by Gasteiger charge is 2.43. The minimum absolute atomic E-state index is 0.136. The summed E-state index contributed by atoms with van der Waals surface area (Å²) in [5.74, 6) is 1.14. The maximum Gasteiger partial charge on any atom is 0.273 e. The minimum atomic E-state index is -0.421. The first-order chi connectivity index (χ1) is 15.5. The molecule has 0 saturated carbocycles. The molecule has 32 heavy (non-hydrogen) atoms. The number of aromatic amines is 1. The van der Waals surface area contributed by atoms with Crippen LogP contribution in [0.25, 0.3) is 11.3 Å². The Morgan fingerprint density at radius 3 is 2.59 bits per heavy atom. The number of nitrogens with zero attached hydrogens (tertiary/aromatic N) is 2. The molecule has 1 aromatic heterocycles. The number of aromatic nitrogens is 2. The number of amides is 1. The van der Waals surface area contributed by atoms with Gasteiger partial charge in [-0.1, -0.05) is 23.2 Å². The number of carbonyl (C=O) groups excluding carboxylic acids is 1. The second kappa shape index (κ2) is 9.40. The summed E-state index contributed by atoms with van der Waals surface area (Å²) in [5.41, 5.74) is 3.31. The molecule has 0 aliphatic carbocycles. The van der Waals surface area contributed by atoms with Gasteiger partial charge in [0.15, 0.2) is 0 Å². The molecule has 168 valence electrons. The van der Waals surface area contributed by atoms with Gasteiger partial charge in [-0.3, -0.25) is 9.89 Å². The summed E-state index contributed by atoms with van der Waals surface area (Å²) in [4.78, 5) is 15.2. The number of nitrogens with one attached hydrogen (secondary N) is 1. The first-order valence-electron chi connectivity index (χ1n) is 10.1. The Balaban J connectivity index is 1.89. The summed E-state index contributed by atoms with van der Waals surface area (Å²) in [6.45, 7) is 1.04. The molecule has 1 N–H and O–H groups in total. The van der Waals surface area contributed by atoms with Crippen LogP contribution in [0.1, 0.15) is 34.1 Å². The molecule has 4 rings (SSSR count). The van der Waals surface area contributed by atoms with Gasteiger partial charge in [0.1, 0.15) is 22.9 Å². The third-order valence-corrected chi connectivity index (χ3v) is 6.08. The zero-order valence-corrected chi connectivity index (χ0v) is 19.5. The molecule has 1 atom stereocenters. The Hall–Kier alpha value is -2.74. The molecule has 7 nitrogen and oxygen atoms in total. The zero-order chi connectivity index (χ0) is 22.8. The monoisotopic (exact) mass is 475 g/mol. The number of benzene rings is 2. The number of methoxy groups -OCH3 is 3. The number of carbonyl (C=O) groups is 1. The van der Waals surface area contributed by atoms with E-state index in [4.69, 9.17) is 37.4 Å². The molecule has 0 bridgehead atoms. The van der Waals surface area contributed by atoms with Gasteiger partial charge in [-0.25, -0.2) is 0 Å². The number of H-pyrrole nitrogens is 1. The molecule has 1 amide bonds. The van der Waals surface area contributed by atoms with Crippen LogP contribution in [-0.2, 0) is 4.74 Å². The average Bonchev–Trinajstić information content (AvgIpc) is 3.33. The van der Waals surface area contributed by atoms with Crippen LogP contribution in [0, 0.1) is 0 Å². The molecule has 2 aromatic carbocycles. The smallest absolute Gasteiger partial charge is 0.273 e. The zero-order valence-electron chi connectivity index (χ0n) is 17.9. The first-order valence-corrected chi connectivity index (χ1v) is 10.8. The van der Waals surface area contributed by atoms with E-state index in [0.717, 1.165) is 11.1 Å². The molecule has 2 heterocycles. The summed E-state index contributed by atoms with van der Waals surface area (Å²) in [6, 6.07) is 10.4. The van der Waals surface area contributed by atoms with Crippen molar-refractivity contribution < 1.29 is 19.0 Å². The van der Waals surface area contributed by atoms with Gasteiger partial charge in [-0.15, -0.1) is 0 Å². The third kappa shape index (κ3) is 3.92. The van der Waals surface area contributed by atoms with E-state index in [1.807, 2.05) is 18.2 Å². The van der Waals surface area contributed by atoms with E-state index < -0.39 is 6.04 Å². The van der Waals surface area contributed by atoms with Gasteiger partial charge in [0.25, 0.3) is 5.91 Å². The van der Waals surface area contributed by atoms with Crippen molar-refractivity contribution in [2.24, 2.45) is 0 Å². The highest BCUT2D eigenvalue weighted by Crippen LogP contribution is 2.47. The van der Waals surface area contributed by atoms with E-state index >= 15 is 0 Å². The lowest BCUT2D eigenvalue weighted by Crippen LogP contribution is -2.31. The van der Waals surface area contributed by atoms with Crippen molar-refractivity contribution in [3.8, 4) is 22.8 Å². The third-order valence-electron chi connectivity index (χ3n) is 5.53. The van der Waals surface area contributed by atoms with Crippen LogP contribution in [0.3, 0.4) is 0 Å². The number of rotatable bonds is 8. The summed E-state index contributed by atoms with van der Waals surface area (Å²) < 4.78 is 16.2. The lowest BCUT2D eigenvalue weighted by Gasteiger charge is -2.27. The van der Waals surface area contributed by atoms with Crippen LogP contribution >= 0.6 is 23.2 Å². The lowest BCUT2D eigenvalue weighted by molar-refractivity contribution is 0.0722. The van der Waals surface area contributed by atoms with Crippen LogP contribution in [0.15, 0.2) is 36.4 Å². The van der Waals surface area contributed by atoms with E-state index in [1.54, 1.807) is 44.4 Å². The highest BCUT2D eigenvalue weighted by molar-refractivity contribution is 6.36. The maximum absolute atomic E-state index is 13.4. The fraction of sp³-hybridized carbons (Fsp3) is 0.304. The molecule has 1 aliphatic rings. The van der Waals surface area contributed by atoms with Gasteiger partial charge in [0.2, 0.25) is 0 Å². The van der Waals surface area contributed by atoms with Crippen LogP contribution in [0.5, 0.6) is 11.5 Å².